The minimum absolute atomic E-state index is 0.0329. The number of thiophene rings is 1. The molecular weight excluding hydrogens is 260 g/mol. The van der Waals surface area contributed by atoms with Crippen LogP contribution < -0.4 is 5.32 Å². The van der Waals surface area contributed by atoms with E-state index in [0.29, 0.717) is 6.54 Å². The summed E-state index contributed by atoms with van der Waals surface area (Å²) in [4.78, 5) is 13.8. The standard InChI is InChI=1S/C14H18N2O2S/c1-10(2)16(7-8-17)14(18)15-12-5-3-4-11-6-9-19-13(11)12/h3-6,9-10,17H,7-8H2,1-2H3,(H,15,18). The van der Waals surface area contributed by atoms with Crippen LogP contribution in [0.5, 0.6) is 0 Å². The molecule has 0 aliphatic heterocycles. The lowest BCUT2D eigenvalue weighted by Crippen LogP contribution is -2.41. The lowest BCUT2D eigenvalue weighted by molar-refractivity contribution is 0.172. The summed E-state index contributed by atoms with van der Waals surface area (Å²) < 4.78 is 1.07. The first-order valence-corrected chi connectivity index (χ1v) is 7.16. The van der Waals surface area contributed by atoms with Gasteiger partial charge in [0, 0.05) is 12.6 Å². The van der Waals surface area contributed by atoms with Crippen molar-refractivity contribution in [3.8, 4) is 0 Å². The van der Waals surface area contributed by atoms with E-state index in [0.717, 1.165) is 15.8 Å². The first-order chi connectivity index (χ1) is 9.13. The molecule has 4 nitrogen and oxygen atoms in total. The van der Waals surface area contributed by atoms with Crippen molar-refractivity contribution in [1.82, 2.24) is 4.90 Å². The van der Waals surface area contributed by atoms with E-state index in [1.165, 1.54) is 0 Å². The summed E-state index contributed by atoms with van der Waals surface area (Å²) in [6.07, 6.45) is 0. The second-order valence-electron chi connectivity index (χ2n) is 4.59. The molecule has 0 spiro atoms. The second-order valence-corrected chi connectivity index (χ2v) is 5.50. The summed E-state index contributed by atoms with van der Waals surface area (Å²) in [5.74, 6) is 0. The van der Waals surface area contributed by atoms with E-state index in [9.17, 15) is 4.79 Å². The lowest BCUT2D eigenvalue weighted by atomic mass is 10.2. The molecule has 1 heterocycles. The molecule has 0 radical (unpaired) electrons. The summed E-state index contributed by atoms with van der Waals surface area (Å²) in [6, 6.07) is 7.75. The van der Waals surface area contributed by atoms with Gasteiger partial charge in [0.2, 0.25) is 0 Å². The van der Waals surface area contributed by atoms with E-state index in [-0.39, 0.29) is 18.7 Å². The average Bonchev–Trinajstić information content (AvgIpc) is 2.84. The molecule has 1 aromatic heterocycles. The molecule has 5 heteroatoms. The van der Waals surface area contributed by atoms with E-state index < -0.39 is 0 Å². The van der Waals surface area contributed by atoms with Crippen LogP contribution in [0.3, 0.4) is 0 Å². The fourth-order valence-corrected chi connectivity index (χ4v) is 2.85. The van der Waals surface area contributed by atoms with Gasteiger partial charge in [0.1, 0.15) is 0 Å². The zero-order valence-electron chi connectivity index (χ0n) is 11.1. The van der Waals surface area contributed by atoms with Crippen LogP contribution in [-0.2, 0) is 0 Å². The zero-order chi connectivity index (χ0) is 13.8. The van der Waals surface area contributed by atoms with Gasteiger partial charge in [0.25, 0.3) is 0 Å². The van der Waals surface area contributed by atoms with Gasteiger partial charge in [0.15, 0.2) is 0 Å². The normalized spacial score (nSPS) is 10.9. The number of benzene rings is 1. The van der Waals surface area contributed by atoms with Gasteiger partial charge < -0.3 is 15.3 Å². The Morgan fingerprint density at radius 2 is 2.21 bits per heavy atom. The van der Waals surface area contributed by atoms with Crippen LogP contribution in [0, 0.1) is 0 Å². The second kappa shape index (κ2) is 6.04. The first kappa shape index (κ1) is 13.8. The van der Waals surface area contributed by atoms with Gasteiger partial charge in [-0.3, -0.25) is 0 Å². The smallest absolute Gasteiger partial charge is 0.322 e. The molecule has 0 aliphatic carbocycles. The van der Waals surface area contributed by atoms with Crippen LogP contribution >= 0.6 is 11.3 Å². The Balaban J connectivity index is 2.20. The molecule has 0 saturated heterocycles. The van der Waals surface area contributed by atoms with Crippen molar-refractivity contribution in [2.24, 2.45) is 0 Å². The van der Waals surface area contributed by atoms with Gasteiger partial charge in [-0.15, -0.1) is 11.3 Å². The average molecular weight is 278 g/mol. The third-order valence-corrected chi connectivity index (χ3v) is 3.91. The molecule has 0 saturated carbocycles. The number of aliphatic hydroxyl groups excluding tert-OH is 1. The van der Waals surface area contributed by atoms with Crippen molar-refractivity contribution in [2.75, 3.05) is 18.5 Å². The van der Waals surface area contributed by atoms with Crippen molar-refractivity contribution in [2.45, 2.75) is 19.9 Å². The molecule has 0 unspecified atom stereocenters. The number of hydrogen-bond donors (Lipinski definition) is 2. The van der Waals surface area contributed by atoms with Gasteiger partial charge in [-0.05, 0) is 36.7 Å². The van der Waals surface area contributed by atoms with E-state index in [2.05, 4.69) is 5.32 Å². The Morgan fingerprint density at radius 3 is 2.89 bits per heavy atom. The van der Waals surface area contributed by atoms with Gasteiger partial charge in [0.05, 0.1) is 17.0 Å². The van der Waals surface area contributed by atoms with Gasteiger partial charge >= 0.3 is 6.03 Å². The molecule has 102 valence electrons. The number of carbonyl (C=O) groups excluding carboxylic acids is 1. The quantitative estimate of drug-likeness (QED) is 0.902. The number of anilines is 1. The summed E-state index contributed by atoms with van der Waals surface area (Å²) in [6.45, 7) is 4.17. The zero-order valence-corrected chi connectivity index (χ0v) is 11.9. The SMILES string of the molecule is CC(C)N(CCO)C(=O)Nc1cccc2ccsc12. The van der Waals surface area contributed by atoms with E-state index in [1.54, 1.807) is 16.2 Å². The molecule has 0 bridgehead atoms. The number of urea groups is 1. The largest absolute Gasteiger partial charge is 0.395 e. The Hall–Kier alpha value is -1.59. The Labute approximate surface area is 116 Å². The van der Waals surface area contributed by atoms with Crippen LogP contribution in [-0.4, -0.2) is 35.2 Å². The minimum atomic E-state index is -0.176. The molecule has 2 N–H and O–H groups in total. The highest BCUT2D eigenvalue weighted by Gasteiger charge is 2.17. The molecular formula is C14H18N2O2S. The third-order valence-electron chi connectivity index (χ3n) is 2.95. The van der Waals surface area contributed by atoms with Crippen molar-refractivity contribution in [1.29, 1.82) is 0 Å². The number of aliphatic hydroxyl groups is 1. The lowest BCUT2D eigenvalue weighted by Gasteiger charge is -2.26. The van der Waals surface area contributed by atoms with Gasteiger partial charge in [-0.2, -0.15) is 0 Å². The molecule has 1 aromatic carbocycles. The minimum Gasteiger partial charge on any atom is -0.395 e. The number of fused-ring (bicyclic) bond motifs is 1. The van der Waals surface area contributed by atoms with Gasteiger partial charge in [-0.25, -0.2) is 4.79 Å². The molecule has 2 aromatic rings. The summed E-state index contributed by atoms with van der Waals surface area (Å²) in [5.41, 5.74) is 0.820. The van der Waals surface area contributed by atoms with E-state index in [4.69, 9.17) is 5.11 Å². The number of carbonyl (C=O) groups is 1. The number of amides is 2. The molecule has 0 fully saturated rings. The first-order valence-electron chi connectivity index (χ1n) is 6.28. The predicted octanol–water partition coefficient (Wildman–Crippen LogP) is 3.14. The highest BCUT2D eigenvalue weighted by Crippen LogP contribution is 2.28. The molecule has 19 heavy (non-hydrogen) atoms. The highest BCUT2D eigenvalue weighted by atomic mass is 32.1. The topological polar surface area (TPSA) is 52.6 Å². The van der Waals surface area contributed by atoms with Crippen LogP contribution in [0.25, 0.3) is 10.1 Å². The van der Waals surface area contributed by atoms with Crippen LogP contribution in [0.4, 0.5) is 10.5 Å². The maximum atomic E-state index is 12.2. The number of nitrogens with one attached hydrogen (secondary N) is 1. The van der Waals surface area contributed by atoms with Crippen LogP contribution in [0.1, 0.15) is 13.8 Å². The molecule has 2 amide bonds. The number of nitrogens with zero attached hydrogens (tertiary/aromatic N) is 1. The summed E-state index contributed by atoms with van der Waals surface area (Å²) in [5, 5.41) is 15.1. The highest BCUT2D eigenvalue weighted by molar-refractivity contribution is 7.17. The molecule has 2 rings (SSSR count). The van der Waals surface area contributed by atoms with E-state index >= 15 is 0 Å². The van der Waals surface area contributed by atoms with Crippen molar-refractivity contribution < 1.29 is 9.90 Å². The number of hydrogen-bond acceptors (Lipinski definition) is 3. The van der Waals surface area contributed by atoms with E-state index in [1.807, 2.05) is 43.5 Å². The van der Waals surface area contributed by atoms with Crippen LogP contribution in [0.2, 0.25) is 0 Å². The van der Waals surface area contributed by atoms with Crippen molar-refractivity contribution in [3.05, 3.63) is 29.6 Å². The number of rotatable bonds is 4. The third kappa shape index (κ3) is 3.05. The maximum Gasteiger partial charge on any atom is 0.322 e. The summed E-state index contributed by atoms with van der Waals surface area (Å²) >= 11 is 1.61. The Bertz CT molecular complexity index is 565. The Kier molecular flexibility index (Phi) is 4.39. The molecule has 0 atom stereocenters. The van der Waals surface area contributed by atoms with Crippen molar-refractivity contribution in [3.63, 3.8) is 0 Å². The summed E-state index contributed by atoms with van der Waals surface area (Å²) in [7, 11) is 0. The van der Waals surface area contributed by atoms with Crippen molar-refractivity contribution >= 4 is 33.1 Å². The maximum absolute atomic E-state index is 12.2. The Morgan fingerprint density at radius 1 is 1.42 bits per heavy atom. The molecule has 0 aliphatic rings. The monoisotopic (exact) mass is 278 g/mol. The van der Waals surface area contributed by atoms with Crippen LogP contribution in [0.15, 0.2) is 29.6 Å². The fourth-order valence-electron chi connectivity index (χ4n) is 1.98. The van der Waals surface area contributed by atoms with Gasteiger partial charge in [-0.1, -0.05) is 12.1 Å². The predicted molar refractivity (Wildman–Crippen MR) is 79.8 cm³/mol. The fraction of sp³-hybridized carbons (Fsp3) is 0.357.